The molecule has 17 heavy (non-hydrogen) atoms. The van der Waals surface area contributed by atoms with Gasteiger partial charge < -0.3 is 10.6 Å². The van der Waals surface area contributed by atoms with Gasteiger partial charge in [-0.15, -0.1) is 0 Å². The molecule has 1 aromatic heterocycles. The number of hydrogen-bond acceptors (Lipinski definition) is 3. The highest BCUT2D eigenvalue weighted by atomic mass is 16.1. The number of carbonyl (C=O) groups excluding carboxylic acids is 1. The number of aromatic amines is 1. The van der Waals surface area contributed by atoms with Crippen LogP contribution in [0, 0.1) is 0 Å². The fourth-order valence-corrected chi connectivity index (χ4v) is 1.36. The molecule has 0 atom stereocenters. The minimum atomic E-state index is -0.0177. The van der Waals surface area contributed by atoms with Crippen LogP contribution in [0.15, 0.2) is 6.07 Å². The molecule has 0 radical (unpaired) electrons. The maximum Gasteiger partial charge on any atom is 0.226 e. The number of hydrogen-bond donors (Lipinski definition) is 3. The first kappa shape index (κ1) is 13.7. The van der Waals surface area contributed by atoms with Crippen molar-refractivity contribution in [2.75, 3.05) is 11.9 Å². The zero-order valence-corrected chi connectivity index (χ0v) is 11.1. The minimum absolute atomic E-state index is 0.0177. The maximum absolute atomic E-state index is 11.6. The van der Waals surface area contributed by atoms with E-state index >= 15 is 0 Å². The van der Waals surface area contributed by atoms with Gasteiger partial charge in [0.2, 0.25) is 5.91 Å². The maximum atomic E-state index is 11.6. The average molecular weight is 238 g/mol. The van der Waals surface area contributed by atoms with Gasteiger partial charge in [-0.2, -0.15) is 5.10 Å². The van der Waals surface area contributed by atoms with Gasteiger partial charge in [-0.1, -0.05) is 6.92 Å². The molecule has 0 aliphatic heterocycles. The number of H-pyrrole nitrogens is 1. The van der Waals surface area contributed by atoms with E-state index in [0.717, 1.165) is 12.1 Å². The largest absolute Gasteiger partial charge is 0.312 e. The van der Waals surface area contributed by atoms with E-state index in [4.69, 9.17) is 0 Å². The summed E-state index contributed by atoms with van der Waals surface area (Å²) in [6.45, 7) is 8.93. The first-order valence-electron chi connectivity index (χ1n) is 6.00. The Kier molecular flexibility index (Phi) is 4.69. The second-order valence-corrected chi connectivity index (χ2v) is 5.11. The van der Waals surface area contributed by atoms with Crippen LogP contribution in [0.25, 0.3) is 0 Å². The van der Waals surface area contributed by atoms with Gasteiger partial charge in [-0.25, -0.2) is 0 Å². The second-order valence-electron chi connectivity index (χ2n) is 5.11. The molecule has 5 nitrogen and oxygen atoms in total. The number of aromatic nitrogens is 2. The summed E-state index contributed by atoms with van der Waals surface area (Å²) < 4.78 is 0. The van der Waals surface area contributed by atoms with Crippen LogP contribution >= 0.6 is 0 Å². The molecule has 0 bridgehead atoms. The summed E-state index contributed by atoms with van der Waals surface area (Å²) in [6.07, 6.45) is 1.33. The van der Waals surface area contributed by atoms with Gasteiger partial charge in [0.25, 0.3) is 0 Å². The Labute approximate surface area is 102 Å². The predicted molar refractivity (Wildman–Crippen MR) is 69.0 cm³/mol. The highest BCUT2D eigenvalue weighted by Crippen LogP contribution is 2.06. The van der Waals surface area contributed by atoms with E-state index < -0.39 is 0 Å². The lowest BCUT2D eigenvalue weighted by atomic mass is 10.1. The Hall–Kier alpha value is -1.36. The number of nitrogens with one attached hydrogen (secondary N) is 3. The molecule has 0 aromatic carbocycles. The van der Waals surface area contributed by atoms with E-state index in [0.29, 0.717) is 18.8 Å². The van der Waals surface area contributed by atoms with E-state index in [1.165, 1.54) is 0 Å². The topological polar surface area (TPSA) is 69.8 Å². The van der Waals surface area contributed by atoms with Crippen molar-refractivity contribution >= 4 is 11.7 Å². The molecule has 1 heterocycles. The van der Waals surface area contributed by atoms with Crippen LogP contribution in [0.2, 0.25) is 0 Å². The molecular weight excluding hydrogens is 216 g/mol. The predicted octanol–water partition coefficient (Wildman–Crippen LogP) is 1.69. The lowest BCUT2D eigenvalue weighted by Crippen LogP contribution is -2.37. The summed E-state index contributed by atoms with van der Waals surface area (Å²) in [5.74, 6) is 0.582. The summed E-state index contributed by atoms with van der Waals surface area (Å²) in [7, 11) is 0. The van der Waals surface area contributed by atoms with Crippen molar-refractivity contribution in [3.05, 3.63) is 11.8 Å². The Balaban J connectivity index is 2.30. The van der Waals surface area contributed by atoms with E-state index in [1.807, 2.05) is 13.0 Å². The SMILES string of the molecule is CCc1cc(NC(=O)CCNC(C)(C)C)n[nH]1. The third-order valence-corrected chi connectivity index (χ3v) is 2.29. The first-order valence-corrected chi connectivity index (χ1v) is 6.00. The lowest BCUT2D eigenvalue weighted by molar-refractivity contribution is -0.116. The number of amides is 1. The van der Waals surface area contributed by atoms with Crippen LogP contribution in [0.1, 0.15) is 39.8 Å². The number of anilines is 1. The monoisotopic (exact) mass is 238 g/mol. The van der Waals surface area contributed by atoms with E-state index in [2.05, 4.69) is 41.6 Å². The smallest absolute Gasteiger partial charge is 0.226 e. The van der Waals surface area contributed by atoms with Gasteiger partial charge in [0, 0.05) is 30.3 Å². The van der Waals surface area contributed by atoms with Gasteiger partial charge >= 0.3 is 0 Å². The summed E-state index contributed by atoms with van der Waals surface area (Å²) >= 11 is 0. The molecule has 0 aliphatic carbocycles. The van der Waals surface area contributed by atoms with Gasteiger partial charge in [-0.05, 0) is 27.2 Å². The quantitative estimate of drug-likeness (QED) is 0.731. The molecule has 0 fully saturated rings. The minimum Gasteiger partial charge on any atom is -0.312 e. The Bertz CT molecular complexity index is 365. The number of rotatable bonds is 5. The first-order chi connectivity index (χ1) is 7.90. The molecule has 1 aromatic rings. The summed E-state index contributed by atoms with van der Waals surface area (Å²) in [5, 5.41) is 12.9. The van der Waals surface area contributed by atoms with Crippen molar-refractivity contribution in [2.45, 2.75) is 46.1 Å². The number of carbonyl (C=O) groups is 1. The fraction of sp³-hybridized carbons (Fsp3) is 0.667. The third kappa shape index (κ3) is 5.49. The zero-order chi connectivity index (χ0) is 12.9. The molecule has 5 heteroatoms. The Morgan fingerprint density at radius 1 is 1.47 bits per heavy atom. The van der Waals surface area contributed by atoms with Crippen molar-refractivity contribution in [3.8, 4) is 0 Å². The molecule has 0 saturated heterocycles. The third-order valence-electron chi connectivity index (χ3n) is 2.29. The lowest BCUT2D eigenvalue weighted by Gasteiger charge is -2.19. The average Bonchev–Trinajstić information content (AvgIpc) is 2.63. The molecule has 0 saturated carbocycles. The molecular formula is C12H22N4O. The summed E-state index contributed by atoms with van der Waals surface area (Å²) in [6, 6.07) is 1.86. The fourth-order valence-electron chi connectivity index (χ4n) is 1.36. The molecule has 96 valence electrons. The van der Waals surface area contributed by atoms with Crippen LogP contribution in [0.5, 0.6) is 0 Å². The number of nitrogens with zero attached hydrogens (tertiary/aromatic N) is 1. The van der Waals surface area contributed by atoms with Crippen molar-refractivity contribution < 1.29 is 4.79 Å². The Morgan fingerprint density at radius 3 is 2.71 bits per heavy atom. The van der Waals surface area contributed by atoms with Crippen LogP contribution in [0.3, 0.4) is 0 Å². The summed E-state index contributed by atoms with van der Waals surface area (Å²) in [5.41, 5.74) is 1.07. The molecule has 1 rings (SSSR count). The normalized spacial score (nSPS) is 11.5. The van der Waals surface area contributed by atoms with Crippen LogP contribution in [-0.4, -0.2) is 28.2 Å². The molecule has 3 N–H and O–H groups in total. The highest BCUT2D eigenvalue weighted by molar-refractivity contribution is 5.89. The zero-order valence-electron chi connectivity index (χ0n) is 11.1. The van der Waals surface area contributed by atoms with Crippen molar-refractivity contribution in [3.63, 3.8) is 0 Å². The highest BCUT2D eigenvalue weighted by Gasteiger charge is 2.10. The summed E-state index contributed by atoms with van der Waals surface area (Å²) in [4.78, 5) is 11.6. The van der Waals surface area contributed by atoms with E-state index in [9.17, 15) is 4.79 Å². The van der Waals surface area contributed by atoms with Crippen molar-refractivity contribution in [1.29, 1.82) is 0 Å². The second kappa shape index (κ2) is 5.82. The van der Waals surface area contributed by atoms with E-state index in [1.54, 1.807) is 0 Å². The van der Waals surface area contributed by atoms with Crippen molar-refractivity contribution in [1.82, 2.24) is 15.5 Å². The molecule has 1 amide bonds. The standard InChI is InChI=1S/C12H22N4O/c1-5-9-8-10(16-15-9)14-11(17)6-7-13-12(2,3)4/h8,13H,5-7H2,1-4H3,(H2,14,15,16,17). The van der Waals surface area contributed by atoms with Crippen LogP contribution in [0.4, 0.5) is 5.82 Å². The number of aryl methyl sites for hydroxylation is 1. The van der Waals surface area contributed by atoms with Crippen LogP contribution in [-0.2, 0) is 11.2 Å². The van der Waals surface area contributed by atoms with Gasteiger partial charge in [0.1, 0.15) is 0 Å². The van der Waals surface area contributed by atoms with Gasteiger partial charge in [0.05, 0.1) is 0 Å². The molecule has 0 aliphatic rings. The molecule has 0 unspecified atom stereocenters. The van der Waals surface area contributed by atoms with Crippen molar-refractivity contribution in [2.24, 2.45) is 0 Å². The van der Waals surface area contributed by atoms with Crippen LogP contribution < -0.4 is 10.6 Å². The van der Waals surface area contributed by atoms with E-state index in [-0.39, 0.29) is 11.4 Å². The van der Waals surface area contributed by atoms with Gasteiger partial charge in [0.15, 0.2) is 5.82 Å². The van der Waals surface area contributed by atoms with Gasteiger partial charge in [-0.3, -0.25) is 9.89 Å². The Morgan fingerprint density at radius 2 is 2.18 bits per heavy atom. The molecule has 0 spiro atoms.